The van der Waals surface area contributed by atoms with Crippen LogP contribution in [0.1, 0.15) is 41.8 Å². The average Bonchev–Trinajstić information content (AvgIpc) is 2.87. The molecule has 0 unspecified atom stereocenters. The highest BCUT2D eigenvalue weighted by Gasteiger charge is 2.13. The Hall–Kier alpha value is -3.71. The molecule has 0 bridgehead atoms. The van der Waals surface area contributed by atoms with Crippen LogP contribution in [0, 0.1) is 0 Å². The fourth-order valence-electron chi connectivity index (χ4n) is 3.16. The molecule has 35 heavy (non-hydrogen) atoms. The quantitative estimate of drug-likeness (QED) is 0.250. The predicted molar refractivity (Wildman–Crippen MR) is 137 cm³/mol. The first-order valence-electron chi connectivity index (χ1n) is 11.3. The van der Waals surface area contributed by atoms with E-state index in [-0.39, 0.29) is 5.91 Å². The summed E-state index contributed by atoms with van der Waals surface area (Å²) in [5.74, 6) is 1.63. The Balaban J connectivity index is 1.67. The third-order valence-corrected chi connectivity index (χ3v) is 5.11. The molecular formula is C27H29ClN2O5. The highest BCUT2D eigenvalue weighted by Crippen LogP contribution is 2.36. The lowest BCUT2D eigenvalue weighted by molar-refractivity contribution is 0.0954. The van der Waals surface area contributed by atoms with E-state index in [1.165, 1.54) is 13.3 Å². The standard InChI is InChI=1S/C27H29ClN2O5/c1-4-13-34-23-12-11-21(16-24(23)33-5-2)27(31)30-29-17-20-14-22(28)26(25(15-20)32-3)35-18-19-9-7-6-8-10-19/h6-12,14-17H,4-5,13,18H2,1-3H3,(H,30,31)/b29-17+. The number of hydrogen-bond donors (Lipinski definition) is 1. The second kappa shape index (κ2) is 13.2. The summed E-state index contributed by atoms with van der Waals surface area (Å²) in [4.78, 5) is 12.6. The van der Waals surface area contributed by atoms with Gasteiger partial charge in [-0.25, -0.2) is 5.43 Å². The molecule has 0 atom stereocenters. The fourth-order valence-corrected chi connectivity index (χ4v) is 3.44. The van der Waals surface area contributed by atoms with Gasteiger partial charge >= 0.3 is 0 Å². The Morgan fingerprint density at radius 2 is 1.77 bits per heavy atom. The minimum Gasteiger partial charge on any atom is -0.493 e. The molecule has 0 aromatic heterocycles. The van der Waals surface area contributed by atoms with Crippen LogP contribution in [-0.4, -0.2) is 32.4 Å². The number of nitrogens with zero attached hydrogens (tertiary/aromatic N) is 1. The van der Waals surface area contributed by atoms with E-state index in [0.29, 0.717) is 59.0 Å². The summed E-state index contributed by atoms with van der Waals surface area (Å²) in [6.07, 6.45) is 2.35. The molecule has 1 N–H and O–H groups in total. The van der Waals surface area contributed by atoms with E-state index < -0.39 is 0 Å². The van der Waals surface area contributed by atoms with Crippen molar-refractivity contribution in [3.05, 3.63) is 82.4 Å². The Bertz CT molecular complexity index is 1150. The lowest BCUT2D eigenvalue weighted by Crippen LogP contribution is -2.17. The van der Waals surface area contributed by atoms with Crippen LogP contribution in [0.15, 0.2) is 65.8 Å². The van der Waals surface area contributed by atoms with E-state index in [0.717, 1.165) is 12.0 Å². The second-order valence-corrected chi connectivity index (χ2v) is 7.86. The van der Waals surface area contributed by atoms with E-state index in [4.69, 9.17) is 30.5 Å². The van der Waals surface area contributed by atoms with E-state index >= 15 is 0 Å². The van der Waals surface area contributed by atoms with Crippen molar-refractivity contribution < 1.29 is 23.7 Å². The summed E-state index contributed by atoms with van der Waals surface area (Å²) in [5.41, 5.74) is 4.56. The molecule has 8 heteroatoms. The number of nitrogens with one attached hydrogen (secondary N) is 1. The largest absolute Gasteiger partial charge is 0.493 e. The molecule has 0 spiro atoms. The number of rotatable bonds is 12. The minimum atomic E-state index is -0.384. The van der Waals surface area contributed by atoms with Crippen molar-refractivity contribution in [2.75, 3.05) is 20.3 Å². The number of hydrogen-bond acceptors (Lipinski definition) is 6. The van der Waals surface area contributed by atoms with Gasteiger partial charge in [0.2, 0.25) is 0 Å². The van der Waals surface area contributed by atoms with Gasteiger partial charge in [-0.2, -0.15) is 5.10 Å². The zero-order valence-corrected chi connectivity index (χ0v) is 20.8. The summed E-state index contributed by atoms with van der Waals surface area (Å²) in [5, 5.41) is 4.43. The predicted octanol–water partition coefficient (Wildman–Crippen LogP) is 5.88. The summed E-state index contributed by atoms with van der Waals surface area (Å²) < 4.78 is 22.6. The molecule has 0 aliphatic carbocycles. The highest BCUT2D eigenvalue weighted by molar-refractivity contribution is 6.32. The normalized spacial score (nSPS) is 10.7. The second-order valence-electron chi connectivity index (χ2n) is 7.45. The van der Waals surface area contributed by atoms with Gasteiger partial charge in [-0.15, -0.1) is 0 Å². The van der Waals surface area contributed by atoms with Crippen molar-refractivity contribution in [3.8, 4) is 23.0 Å². The van der Waals surface area contributed by atoms with E-state index in [9.17, 15) is 4.79 Å². The molecule has 0 saturated carbocycles. The van der Waals surface area contributed by atoms with Gasteiger partial charge in [0, 0.05) is 5.56 Å². The van der Waals surface area contributed by atoms with Crippen LogP contribution in [0.25, 0.3) is 0 Å². The SMILES string of the molecule is CCCOc1ccc(C(=O)N/N=C/c2cc(Cl)c(OCc3ccccc3)c(OC)c2)cc1OCC. The number of halogens is 1. The molecule has 0 heterocycles. The lowest BCUT2D eigenvalue weighted by atomic mass is 10.2. The molecule has 1 amide bonds. The Morgan fingerprint density at radius 1 is 0.971 bits per heavy atom. The van der Waals surface area contributed by atoms with Gasteiger partial charge in [-0.05, 0) is 54.8 Å². The number of ether oxygens (including phenoxy) is 4. The van der Waals surface area contributed by atoms with Crippen LogP contribution in [0.3, 0.4) is 0 Å². The molecule has 0 aliphatic rings. The summed E-state index contributed by atoms with van der Waals surface area (Å²) in [7, 11) is 1.54. The van der Waals surface area contributed by atoms with Crippen molar-refractivity contribution in [1.82, 2.24) is 5.43 Å². The first-order valence-corrected chi connectivity index (χ1v) is 11.7. The number of carbonyl (C=O) groups is 1. The Morgan fingerprint density at radius 3 is 2.49 bits per heavy atom. The van der Waals surface area contributed by atoms with Gasteiger partial charge < -0.3 is 18.9 Å². The van der Waals surface area contributed by atoms with Crippen LogP contribution >= 0.6 is 11.6 Å². The number of hydrazone groups is 1. The van der Waals surface area contributed by atoms with Gasteiger partial charge in [-0.1, -0.05) is 48.9 Å². The summed E-state index contributed by atoms with van der Waals surface area (Å²) >= 11 is 6.44. The number of benzene rings is 3. The molecule has 0 saturated heterocycles. The minimum absolute atomic E-state index is 0.354. The Kier molecular flexibility index (Phi) is 9.80. The molecule has 184 valence electrons. The van der Waals surface area contributed by atoms with Gasteiger partial charge in [0.15, 0.2) is 23.0 Å². The van der Waals surface area contributed by atoms with Crippen LogP contribution in [0.4, 0.5) is 0 Å². The van der Waals surface area contributed by atoms with Crippen LogP contribution in [-0.2, 0) is 6.61 Å². The first kappa shape index (κ1) is 25.9. The van der Waals surface area contributed by atoms with Gasteiger partial charge in [0.25, 0.3) is 5.91 Å². The third-order valence-electron chi connectivity index (χ3n) is 4.82. The fraction of sp³-hybridized carbons (Fsp3) is 0.259. The molecule has 7 nitrogen and oxygen atoms in total. The molecule has 0 radical (unpaired) electrons. The number of carbonyl (C=O) groups excluding carboxylic acids is 1. The maximum absolute atomic E-state index is 12.6. The molecule has 0 aliphatic heterocycles. The van der Waals surface area contributed by atoms with Crippen molar-refractivity contribution in [2.24, 2.45) is 5.10 Å². The smallest absolute Gasteiger partial charge is 0.271 e. The molecule has 3 aromatic carbocycles. The monoisotopic (exact) mass is 496 g/mol. The molecule has 3 aromatic rings. The van der Waals surface area contributed by atoms with Gasteiger partial charge in [-0.3, -0.25) is 4.79 Å². The van der Waals surface area contributed by atoms with Gasteiger partial charge in [0.05, 0.1) is 31.6 Å². The molecule has 3 rings (SSSR count). The summed E-state index contributed by atoms with van der Waals surface area (Å²) in [6.45, 7) is 5.27. The Labute approximate surface area is 210 Å². The first-order chi connectivity index (χ1) is 17.0. The van der Waals surface area contributed by atoms with Crippen LogP contribution in [0.2, 0.25) is 5.02 Å². The van der Waals surface area contributed by atoms with Crippen molar-refractivity contribution in [2.45, 2.75) is 26.9 Å². The van der Waals surface area contributed by atoms with E-state index in [2.05, 4.69) is 10.5 Å². The van der Waals surface area contributed by atoms with Crippen molar-refractivity contribution >= 4 is 23.7 Å². The summed E-state index contributed by atoms with van der Waals surface area (Å²) in [6, 6.07) is 18.2. The average molecular weight is 497 g/mol. The topological polar surface area (TPSA) is 78.4 Å². The van der Waals surface area contributed by atoms with Crippen LogP contribution < -0.4 is 24.4 Å². The zero-order chi connectivity index (χ0) is 25.0. The van der Waals surface area contributed by atoms with E-state index in [1.54, 1.807) is 30.3 Å². The van der Waals surface area contributed by atoms with E-state index in [1.807, 2.05) is 44.2 Å². The maximum atomic E-state index is 12.6. The number of methoxy groups -OCH3 is 1. The molecular weight excluding hydrogens is 468 g/mol. The third kappa shape index (κ3) is 7.39. The van der Waals surface area contributed by atoms with Crippen molar-refractivity contribution in [3.63, 3.8) is 0 Å². The zero-order valence-electron chi connectivity index (χ0n) is 20.0. The van der Waals surface area contributed by atoms with Crippen molar-refractivity contribution in [1.29, 1.82) is 0 Å². The lowest BCUT2D eigenvalue weighted by Gasteiger charge is -2.13. The number of amides is 1. The maximum Gasteiger partial charge on any atom is 0.271 e. The molecule has 0 fully saturated rings. The van der Waals surface area contributed by atoms with Gasteiger partial charge in [0.1, 0.15) is 6.61 Å². The van der Waals surface area contributed by atoms with Crippen LogP contribution in [0.5, 0.6) is 23.0 Å². The highest BCUT2D eigenvalue weighted by atomic mass is 35.5.